The van der Waals surface area contributed by atoms with Gasteiger partial charge in [-0.25, -0.2) is 4.98 Å². The number of aromatic nitrogens is 2. The smallest absolute Gasteiger partial charge is 0.262 e. The summed E-state index contributed by atoms with van der Waals surface area (Å²) in [5, 5.41) is 0.880. The number of unbranched alkanes of at least 4 members (excludes halogenated alkanes) is 1. The van der Waals surface area contributed by atoms with Gasteiger partial charge in [-0.05, 0) is 76.2 Å². The van der Waals surface area contributed by atoms with Gasteiger partial charge in [-0.2, -0.15) is 0 Å². The Labute approximate surface area is 188 Å². The highest BCUT2D eigenvalue weighted by Gasteiger charge is 2.24. The number of nitrogens with zero attached hydrogens (tertiary/aromatic N) is 3. The van der Waals surface area contributed by atoms with Crippen molar-refractivity contribution in [3.05, 3.63) is 56.4 Å². The van der Waals surface area contributed by atoms with Crippen LogP contribution in [0.1, 0.15) is 48.0 Å². The third-order valence-corrected chi connectivity index (χ3v) is 7.23. The van der Waals surface area contributed by atoms with Gasteiger partial charge in [0.15, 0.2) is 0 Å². The molecule has 31 heavy (non-hydrogen) atoms. The maximum atomic E-state index is 13.6. The first kappa shape index (κ1) is 22.0. The van der Waals surface area contributed by atoms with Crippen molar-refractivity contribution in [2.24, 2.45) is 5.92 Å². The topological polar surface area (TPSA) is 47.4 Å². The van der Waals surface area contributed by atoms with Crippen molar-refractivity contribution >= 4 is 21.6 Å². The zero-order valence-electron chi connectivity index (χ0n) is 19.1. The van der Waals surface area contributed by atoms with Crippen LogP contribution in [0, 0.1) is 12.8 Å². The van der Waals surface area contributed by atoms with Gasteiger partial charge in [-0.3, -0.25) is 9.36 Å². The highest BCUT2D eigenvalue weighted by atomic mass is 32.1. The van der Waals surface area contributed by atoms with E-state index < -0.39 is 0 Å². The van der Waals surface area contributed by atoms with E-state index in [1.54, 1.807) is 11.3 Å². The molecule has 6 heteroatoms. The average Bonchev–Trinajstić information content (AvgIpc) is 3.07. The lowest BCUT2D eigenvalue weighted by Crippen LogP contribution is -2.29. The van der Waals surface area contributed by atoms with Gasteiger partial charge in [-0.15, -0.1) is 11.3 Å². The standard InChI is InChI=1S/C25H33N3O2S/c1-17-11-12-19-21(15-17)31-24-23(19)25(29)28(22(26-24)16-27(3)4)13-7-8-14-30-20-10-6-5-9-18(20)2/h5-6,9-10,17H,7-8,11-16H2,1-4H3. The van der Waals surface area contributed by atoms with Crippen molar-refractivity contribution < 1.29 is 4.74 Å². The highest BCUT2D eigenvalue weighted by Crippen LogP contribution is 2.35. The highest BCUT2D eigenvalue weighted by molar-refractivity contribution is 7.18. The molecule has 2 aromatic heterocycles. The molecular formula is C25H33N3O2S. The van der Waals surface area contributed by atoms with Crippen LogP contribution in [0.4, 0.5) is 0 Å². The van der Waals surface area contributed by atoms with Crippen LogP contribution in [-0.2, 0) is 25.9 Å². The Morgan fingerprint density at radius 2 is 2.06 bits per heavy atom. The van der Waals surface area contributed by atoms with Gasteiger partial charge in [0.1, 0.15) is 16.4 Å². The lowest BCUT2D eigenvalue weighted by Gasteiger charge is -2.18. The molecule has 166 valence electrons. The summed E-state index contributed by atoms with van der Waals surface area (Å²) in [6.45, 7) is 6.37. The quantitative estimate of drug-likeness (QED) is 0.473. The molecule has 1 aliphatic rings. The Morgan fingerprint density at radius 3 is 2.84 bits per heavy atom. The molecule has 0 fully saturated rings. The van der Waals surface area contributed by atoms with Crippen LogP contribution in [-0.4, -0.2) is 35.2 Å². The average molecular weight is 440 g/mol. The summed E-state index contributed by atoms with van der Waals surface area (Å²) in [7, 11) is 4.05. The second-order valence-electron chi connectivity index (χ2n) is 9.08. The van der Waals surface area contributed by atoms with E-state index in [0.29, 0.717) is 25.6 Å². The summed E-state index contributed by atoms with van der Waals surface area (Å²) in [6.07, 6.45) is 5.04. The number of rotatable bonds is 8. The van der Waals surface area contributed by atoms with E-state index in [1.165, 1.54) is 10.4 Å². The number of aryl methyl sites for hydroxylation is 2. The summed E-state index contributed by atoms with van der Waals surface area (Å²) >= 11 is 1.74. The van der Waals surface area contributed by atoms with Gasteiger partial charge in [0, 0.05) is 11.4 Å². The molecule has 1 aliphatic carbocycles. The number of fused-ring (bicyclic) bond motifs is 3. The molecule has 1 unspecified atom stereocenters. The number of para-hydroxylation sites is 1. The minimum atomic E-state index is 0.147. The summed E-state index contributed by atoms with van der Waals surface area (Å²) in [5.74, 6) is 2.50. The number of hydrogen-bond donors (Lipinski definition) is 0. The molecule has 0 saturated carbocycles. The lowest BCUT2D eigenvalue weighted by molar-refractivity contribution is 0.299. The predicted molar refractivity (Wildman–Crippen MR) is 128 cm³/mol. The van der Waals surface area contributed by atoms with Crippen LogP contribution in [0.2, 0.25) is 0 Å². The predicted octanol–water partition coefficient (Wildman–Crippen LogP) is 4.81. The van der Waals surface area contributed by atoms with Gasteiger partial charge in [0.25, 0.3) is 5.56 Å². The minimum Gasteiger partial charge on any atom is -0.493 e. The Balaban J connectivity index is 1.53. The first-order valence-electron chi connectivity index (χ1n) is 11.3. The van der Waals surface area contributed by atoms with E-state index in [9.17, 15) is 4.79 Å². The maximum absolute atomic E-state index is 13.6. The molecule has 0 N–H and O–H groups in total. The Bertz CT molecular complexity index is 1120. The van der Waals surface area contributed by atoms with Crippen molar-refractivity contribution in [2.75, 3.05) is 20.7 Å². The van der Waals surface area contributed by atoms with Gasteiger partial charge in [0.2, 0.25) is 0 Å². The summed E-state index contributed by atoms with van der Waals surface area (Å²) in [6, 6.07) is 8.09. The number of benzene rings is 1. The molecule has 2 heterocycles. The SMILES string of the molecule is Cc1ccccc1OCCCCn1c(CN(C)C)nc2sc3c(c2c1=O)CCC(C)C3. The third-order valence-electron chi connectivity index (χ3n) is 6.08. The van der Waals surface area contributed by atoms with Gasteiger partial charge >= 0.3 is 0 Å². The molecule has 3 aromatic rings. The molecule has 0 saturated heterocycles. The monoisotopic (exact) mass is 439 g/mol. The summed E-state index contributed by atoms with van der Waals surface area (Å²) in [4.78, 5) is 22.9. The molecule has 0 spiro atoms. The van der Waals surface area contributed by atoms with E-state index >= 15 is 0 Å². The van der Waals surface area contributed by atoms with Crippen molar-refractivity contribution in [3.8, 4) is 5.75 Å². The molecule has 0 aliphatic heterocycles. The molecular weight excluding hydrogens is 406 g/mol. The van der Waals surface area contributed by atoms with Crippen LogP contribution >= 0.6 is 11.3 Å². The van der Waals surface area contributed by atoms with Gasteiger partial charge < -0.3 is 9.64 Å². The summed E-state index contributed by atoms with van der Waals surface area (Å²) in [5.41, 5.74) is 2.57. The lowest BCUT2D eigenvalue weighted by atomic mass is 9.89. The molecule has 1 aromatic carbocycles. The molecule has 0 radical (unpaired) electrons. The van der Waals surface area contributed by atoms with Crippen LogP contribution in [0.25, 0.3) is 10.2 Å². The molecule has 4 rings (SSSR count). The minimum absolute atomic E-state index is 0.147. The van der Waals surface area contributed by atoms with Crippen molar-refractivity contribution in [3.63, 3.8) is 0 Å². The zero-order valence-corrected chi connectivity index (χ0v) is 19.9. The molecule has 0 amide bonds. The van der Waals surface area contributed by atoms with Gasteiger partial charge in [0.05, 0.1) is 18.5 Å². The van der Waals surface area contributed by atoms with Crippen molar-refractivity contribution in [1.82, 2.24) is 14.5 Å². The van der Waals surface area contributed by atoms with Crippen LogP contribution in [0.5, 0.6) is 5.75 Å². The second-order valence-corrected chi connectivity index (χ2v) is 10.2. The Kier molecular flexibility index (Phi) is 6.77. The first-order chi connectivity index (χ1) is 14.9. The largest absolute Gasteiger partial charge is 0.493 e. The molecule has 0 bridgehead atoms. The zero-order chi connectivity index (χ0) is 22.0. The fraction of sp³-hybridized carbons (Fsp3) is 0.520. The Hall–Kier alpha value is -2.18. The van der Waals surface area contributed by atoms with E-state index in [0.717, 1.165) is 59.5 Å². The number of hydrogen-bond acceptors (Lipinski definition) is 5. The van der Waals surface area contributed by atoms with Gasteiger partial charge in [-0.1, -0.05) is 25.1 Å². The maximum Gasteiger partial charge on any atom is 0.262 e. The third kappa shape index (κ3) is 4.85. The van der Waals surface area contributed by atoms with E-state index in [2.05, 4.69) is 24.8 Å². The van der Waals surface area contributed by atoms with Crippen molar-refractivity contribution in [1.29, 1.82) is 0 Å². The fourth-order valence-corrected chi connectivity index (χ4v) is 5.76. The van der Waals surface area contributed by atoms with Crippen LogP contribution in [0.15, 0.2) is 29.1 Å². The van der Waals surface area contributed by atoms with E-state index in [1.807, 2.05) is 36.9 Å². The number of thiophene rings is 1. The van der Waals surface area contributed by atoms with Crippen LogP contribution < -0.4 is 10.3 Å². The van der Waals surface area contributed by atoms with Crippen molar-refractivity contribution in [2.45, 2.75) is 59.0 Å². The van der Waals surface area contributed by atoms with Crippen LogP contribution in [0.3, 0.4) is 0 Å². The van der Waals surface area contributed by atoms with E-state index in [-0.39, 0.29) is 5.56 Å². The second kappa shape index (κ2) is 9.53. The summed E-state index contributed by atoms with van der Waals surface area (Å²) < 4.78 is 7.85. The van der Waals surface area contributed by atoms with E-state index in [4.69, 9.17) is 9.72 Å². The molecule has 1 atom stereocenters. The molecule has 5 nitrogen and oxygen atoms in total. The number of ether oxygens (including phenoxy) is 1. The Morgan fingerprint density at radius 1 is 1.26 bits per heavy atom. The normalized spacial score (nSPS) is 16.1. The first-order valence-corrected chi connectivity index (χ1v) is 12.1. The fourth-order valence-electron chi connectivity index (χ4n) is 4.37.